The van der Waals surface area contributed by atoms with Gasteiger partial charge in [-0.25, -0.2) is 4.98 Å². The summed E-state index contributed by atoms with van der Waals surface area (Å²) in [5.74, 6) is 0.568. The van der Waals surface area contributed by atoms with E-state index in [-0.39, 0.29) is 30.2 Å². The number of hydrogen-bond donors (Lipinski definition) is 2. The number of esters is 1. The van der Waals surface area contributed by atoms with Crippen LogP contribution in [-0.4, -0.2) is 69.5 Å². The highest BCUT2D eigenvalue weighted by Gasteiger charge is 2.28. The smallest absolute Gasteiger partial charge is 0.308 e. The first-order valence-corrected chi connectivity index (χ1v) is 11.3. The second-order valence-corrected chi connectivity index (χ2v) is 8.78. The van der Waals surface area contributed by atoms with Gasteiger partial charge >= 0.3 is 5.97 Å². The number of carbonyl (C=O) groups is 1. The number of hydrogen-bond acceptors (Lipinski definition) is 7. The van der Waals surface area contributed by atoms with E-state index in [4.69, 9.17) is 4.74 Å². The maximum absolute atomic E-state index is 12.4. The van der Waals surface area contributed by atoms with Gasteiger partial charge in [-0.15, -0.1) is 0 Å². The molecule has 32 heavy (non-hydrogen) atoms. The van der Waals surface area contributed by atoms with Crippen LogP contribution >= 0.6 is 0 Å². The van der Waals surface area contributed by atoms with E-state index in [0.717, 1.165) is 43.1 Å². The van der Waals surface area contributed by atoms with Crippen molar-refractivity contribution < 1.29 is 19.7 Å². The van der Waals surface area contributed by atoms with Crippen molar-refractivity contribution in [1.82, 2.24) is 14.5 Å². The topological polar surface area (TPSA) is 91.1 Å². The van der Waals surface area contributed by atoms with Gasteiger partial charge in [-0.2, -0.15) is 0 Å². The second kappa shape index (κ2) is 9.65. The summed E-state index contributed by atoms with van der Waals surface area (Å²) in [4.78, 5) is 21.3. The van der Waals surface area contributed by atoms with Crippen molar-refractivity contribution in [2.45, 2.75) is 39.3 Å². The standard InChI is InChI=1S/C24H32N4O4/c1-17(2)24(31)32-18(16-28-22(29)19-7-3-4-8-20(19)23(28)30)15-26-11-13-27(14-12-26)21-9-5-6-10-25-21/h3-6,9-10,17-18,29-30H,7-8,11-16H2,1-2H3. The van der Waals surface area contributed by atoms with Gasteiger partial charge in [0.25, 0.3) is 0 Å². The quantitative estimate of drug-likeness (QED) is 0.504. The highest BCUT2D eigenvalue weighted by molar-refractivity contribution is 5.71. The van der Waals surface area contributed by atoms with Crippen LogP contribution in [0, 0.1) is 5.92 Å². The minimum absolute atomic E-state index is 0.0624. The van der Waals surface area contributed by atoms with Crippen molar-refractivity contribution in [2.75, 3.05) is 37.6 Å². The van der Waals surface area contributed by atoms with Crippen LogP contribution in [0.3, 0.4) is 0 Å². The number of rotatable bonds is 7. The molecule has 2 aliphatic rings. The lowest BCUT2D eigenvalue weighted by Gasteiger charge is -2.37. The molecule has 4 rings (SSSR count). The Kier molecular flexibility index (Phi) is 6.69. The zero-order chi connectivity index (χ0) is 22.7. The minimum Gasteiger partial charge on any atom is -0.494 e. The van der Waals surface area contributed by atoms with Crippen LogP contribution in [-0.2, 0) is 28.9 Å². The summed E-state index contributed by atoms with van der Waals surface area (Å²) in [6.07, 6.45) is 6.48. The Hall–Kier alpha value is -3.00. The number of fused-ring (bicyclic) bond motifs is 1. The van der Waals surface area contributed by atoms with Gasteiger partial charge in [0.2, 0.25) is 0 Å². The molecule has 8 nitrogen and oxygen atoms in total. The molecule has 2 aromatic rings. The third-order valence-corrected chi connectivity index (χ3v) is 6.17. The minimum atomic E-state index is -0.482. The number of anilines is 1. The van der Waals surface area contributed by atoms with Crippen molar-refractivity contribution in [3.05, 3.63) is 47.7 Å². The van der Waals surface area contributed by atoms with E-state index in [2.05, 4.69) is 14.8 Å². The number of carbonyl (C=O) groups excluding carboxylic acids is 1. The van der Waals surface area contributed by atoms with Gasteiger partial charge in [-0.1, -0.05) is 32.1 Å². The Bertz CT molecular complexity index is 931. The molecule has 1 aliphatic carbocycles. The molecule has 172 valence electrons. The summed E-state index contributed by atoms with van der Waals surface area (Å²) in [5, 5.41) is 21.4. The molecule has 0 aromatic carbocycles. The Morgan fingerprint density at radius 3 is 2.25 bits per heavy atom. The van der Waals surface area contributed by atoms with Gasteiger partial charge in [0.05, 0.1) is 12.5 Å². The molecule has 1 saturated heterocycles. The average Bonchev–Trinajstić information content (AvgIpc) is 3.05. The molecule has 1 atom stereocenters. The van der Waals surface area contributed by atoms with Gasteiger partial charge < -0.3 is 19.8 Å². The molecular formula is C24H32N4O4. The molecule has 1 fully saturated rings. The summed E-state index contributed by atoms with van der Waals surface area (Å²) in [5.41, 5.74) is 1.51. The largest absolute Gasteiger partial charge is 0.494 e. The average molecular weight is 441 g/mol. The van der Waals surface area contributed by atoms with E-state index in [9.17, 15) is 15.0 Å². The Balaban J connectivity index is 1.45. The van der Waals surface area contributed by atoms with Crippen LogP contribution in [0.4, 0.5) is 5.82 Å². The zero-order valence-corrected chi connectivity index (χ0v) is 18.8. The number of piperazine rings is 1. The Morgan fingerprint density at radius 1 is 1.03 bits per heavy atom. The molecule has 0 bridgehead atoms. The Morgan fingerprint density at radius 2 is 1.69 bits per heavy atom. The van der Waals surface area contributed by atoms with E-state index in [1.807, 2.05) is 30.4 Å². The molecule has 2 aromatic heterocycles. The third-order valence-electron chi connectivity index (χ3n) is 6.17. The van der Waals surface area contributed by atoms with Gasteiger partial charge in [0.15, 0.2) is 11.8 Å². The first-order valence-electron chi connectivity index (χ1n) is 11.3. The van der Waals surface area contributed by atoms with Crippen molar-refractivity contribution in [2.24, 2.45) is 5.92 Å². The summed E-state index contributed by atoms with van der Waals surface area (Å²) < 4.78 is 7.29. The Labute approximate surface area is 188 Å². The van der Waals surface area contributed by atoms with Gasteiger partial charge in [-0.05, 0) is 25.0 Å². The van der Waals surface area contributed by atoms with E-state index < -0.39 is 6.10 Å². The molecule has 8 heteroatoms. The number of nitrogens with zero attached hydrogens (tertiary/aromatic N) is 4. The molecule has 1 unspecified atom stereocenters. The molecule has 0 radical (unpaired) electrons. The van der Waals surface area contributed by atoms with Crippen LogP contribution in [0.25, 0.3) is 0 Å². The normalized spacial score (nSPS) is 17.4. The second-order valence-electron chi connectivity index (χ2n) is 8.78. The maximum atomic E-state index is 12.4. The molecular weight excluding hydrogens is 408 g/mol. The summed E-state index contributed by atoms with van der Waals surface area (Å²) in [7, 11) is 0. The van der Waals surface area contributed by atoms with E-state index in [1.165, 1.54) is 4.57 Å². The van der Waals surface area contributed by atoms with Crippen LogP contribution in [0.1, 0.15) is 25.0 Å². The molecule has 2 N–H and O–H groups in total. The highest BCUT2D eigenvalue weighted by Crippen LogP contribution is 2.37. The maximum Gasteiger partial charge on any atom is 0.308 e. The van der Waals surface area contributed by atoms with Crippen molar-refractivity contribution in [3.8, 4) is 11.8 Å². The first-order chi connectivity index (χ1) is 15.4. The molecule has 0 amide bonds. The molecule has 3 heterocycles. The fraction of sp³-hybridized carbons (Fsp3) is 0.500. The van der Waals surface area contributed by atoms with Crippen LogP contribution in [0.2, 0.25) is 0 Å². The number of ether oxygens (including phenoxy) is 1. The lowest BCUT2D eigenvalue weighted by Crippen LogP contribution is -2.50. The van der Waals surface area contributed by atoms with E-state index >= 15 is 0 Å². The van der Waals surface area contributed by atoms with E-state index in [1.54, 1.807) is 20.0 Å². The van der Waals surface area contributed by atoms with E-state index in [0.29, 0.717) is 19.4 Å². The zero-order valence-electron chi connectivity index (χ0n) is 18.8. The van der Waals surface area contributed by atoms with Crippen LogP contribution in [0.15, 0.2) is 36.5 Å². The van der Waals surface area contributed by atoms with Crippen molar-refractivity contribution >= 4 is 11.8 Å². The van der Waals surface area contributed by atoms with Crippen LogP contribution < -0.4 is 4.90 Å². The monoisotopic (exact) mass is 440 g/mol. The fourth-order valence-corrected chi connectivity index (χ4v) is 4.32. The predicted octanol–water partition coefficient (Wildman–Crippen LogP) is 2.34. The van der Waals surface area contributed by atoms with Gasteiger partial charge in [0.1, 0.15) is 11.9 Å². The fourth-order valence-electron chi connectivity index (χ4n) is 4.32. The van der Waals surface area contributed by atoms with Gasteiger partial charge in [-0.3, -0.25) is 14.3 Å². The SMILES string of the molecule is CC(C)C(=O)OC(CN1CCN(c2ccccn2)CC1)Cn1c(O)c2c(c1O)CC=CC2. The summed E-state index contributed by atoms with van der Waals surface area (Å²) >= 11 is 0. The predicted molar refractivity (Wildman–Crippen MR) is 122 cm³/mol. The number of pyridine rings is 1. The van der Waals surface area contributed by atoms with Crippen molar-refractivity contribution in [3.63, 3.8) is 0 Å². The highest BCUT2D eigenvalue weighted by atomic mass is 16.5. The summed E-state index contributed by atoms with van der Waals surface area (Å²) in [6.45, 7) is 7.66. The molecule has 0 saturated carbocycles. The van der Waals surface area contributed by atoms with Crippen molar-refractivity contribution in [1.29, 1.82) is 0 Å². The van der Waals surface area contributed by atoms with Gasteiger partial charge in [0, 0.05) is 50.0 Å². The molecule has 0 spiro atoms. The molecule has 1 aliphatic heterocycles. The number of aromatic nitrogens is 2. The lowest BCUT2D eigenvalue weighted by atomic mass is 10.0. The third kappa shape index (κ3) is 4.75. The number of aromatic hydroxyl groups is 2. The van der Waals surface area contributed by atoms with Crippen LogP contribution in [0.5, 0.6) is 11.8 Å². The summed E-state index contributed by atoms with van der Waals surface area (Å²) in [6, 6.07) is 5.91. The lowest BCUT2D eigenvalue weighted by molar-refractivity contribution is -0.154. The first kappa shape index (κ1) is 22.2. The number of allylic oxidation sites excluding steroid dienone is 2.